The summed E-state index contributed by atoms with van der Waals surface area (Å²) in [5, 5.41) is -2.45. The summed E-state index contributed by atoms with van der Waals surface area (Å²) >= 11 is 0. The van der Waals surface area contributed by atoms with Gasteiger partial charge in [-0.25, -0.2) is 4.39 Å². The molecule has 0 aliphatic carbocycles. The molecule has 0 radical (unpaired) electrons. The Bertz CT molecular complexity index is 200. The van der Waals surface area contributed by atoms with Crippen LogP contribution in [-0.2, 0) is 4.74 Å². The van der Waals surface area contributed by atoms with E-state index in [9.17, 15) is 17.6 Å². The zero-order valence-corrected chi connectivity index (χ0v) is 9.66. The van der Waals surface area contributed by atoms with Gasteiger partial charge in [0.25, 0.3) is 0 Å². The van der Waals surface area contributed by atoms with Crippen LogP contribution in [0.3, 0.4) is 0 Å². The fourth-order valence-electron chi connectivity index (χ4n) is 1.38. The van der Waals surface area contributed by atoms with Gasteiger partial charge in [-0.05, 0) is 12.8 Å². The summed E-state index contributed by atoms with van der Waals surface area (Å²) < 4.78 is 55.5. The lowest BCUT2D eigenvalue weighted by atomic mass is 10.1. The van der Waals surface area contributed by atoms with Crippen LogP contribution in [0, 0.1) is 0 Å². The largest absolute Gasteiger partial charge is 0.398 e. The second-order valence-electron chi connectivity index (χ2n) is 3.35. The first-order valence-corrected chi connectivity index (χ1v) is 5.42. The maximum absolute atomic E-state index is 13.8. The summed E-state index contributed by atoms with van der Waals surface area (Å²) in [6.07, 6.45) is -4.59. The van der Waals surface area contributed by atoms with Crippen molar-refractivity contribution in [3.05, 3.63) is 0 Å². The molecule has 5 atom stereocenters. The molecular formula is C7H12F4OP2. The lowest BCUT2D eigenvalue weighted by Gasteiger charge is -2.33. The topological polar surface area (TPSA) is 9.23 Å². The average molecular weight is 250 g/mol. The van der Waals surface area contributed by atoms with Crippen molar-refractivity contribution in [1.82, 2.24) is 0 Å². The highest BCUT2D eigenvalue weighted by atomic mass is 31.0. The fourth-order valence-corrected chi connectivity index (χ4v) is 2.04. The predicted octanol–water partition coefficient (Wildman–Crippen LogP) is 2.51. The molecule has 1 saturated heterocycles. The molecule has 1 aliphatic heterocycles. The smallest absolute Gasteiger partial charge is 0.374 e. The first kappa shape index (κ1) is 12.6. The van der Waals surface area contributed by atoms with E-state index in [0.717, 1.165) is 0 Å². The number of alkyl halides is 4. The van der Waals surface area contributed by atoms with E-state index < -0.39 is 23.3 Å². The van der Waals surface area contributed by atoms with Crippen molar-refractivity contribution in [3.8, 4) is 0 Å². The monoisotopic (exact) mass is 250 g/mol. The minimum atomic E-state index is -4.56. The van der Waals surface area contributed by atoms with Crippen molar-refractivity contribution in [1.29, 1.82) is 0 Å². The molecule has 0 bridgehead atoms. The van der Waals surface area contributed by atoms with Crippen molar-refractivity contribution in [2.24, 2.45) is 0 Å². The Morgan fingerprint density at radius 2 is 1.86 bits per heavy atom. The molecule has 0 aromatic carbocycles. The van der Waals surface area contributed by atoms with Crippen LogP contribution in [0.25, 0.3) is 0 Å². The van der Waals surface area contributed by atoms with Gasteiger partial charge in [0.2, 0.25) is 0 Å². The third-order valence-electron chi connectivity index (χ3n) is 2.25. The van der Waals surface area contributed by atoms with Gasteiger partial charge in [0.05, 0.1) is 6.10 Å². The van der Waals surface area contributed by atoms with E-state index in [-0.39, 0.29) is 0 Å². The van der Waals surface area contributed by atoms with Gasteiger partial charge in [-0.1, -0.05) is 9.24 Å². The Kier molecular flexibility index (Phi) is 3.77. The molecule has 0 N–H and O–H groups in total. The van der Waals surface area contributed by atoms with E-state index in [2.05, 4.69) is 0 Å². The van der Waals surface area contributed by atoms with Crippen LogP contribution >= 0.6 is 18.5 Å². The Morgan fingerprint density at radius 3 is 2.21 bits per heavy atom. The molecule has 0 saturated carbocycles. The van der Waals surface area contributed by atoms with Gasteiger partial charge in [-0.2, -0.15) is 13.2 Å². The van der Waals surface area contributed by atoms with E-state index in [1.807, 2.05) is 0 Å². The summed E-state index contributed by atoms with van der Waals surface area (Å²) in [6, 6.07) is 0. The van der Waals surface area contributed by atoms with Crippen LogP contribution in [0.2, 0.25) is 0 Å². The number of hydrogen-bond donors (Lipinski definition) is 0. The van der Waals surface area contributed by atoms with Crippen molar-refractivity contribution < 1.29 is 22.3 Å². The van der Waals surface area contributed by atoms with Gasteiger partial charge in [-0.15, -0.1) is 9.24 Å². The Hall–Kier alpha value is 0.540. The molecule has 0 aromatic rings. The van der Waals surface area contributed by atoms with Crippen LogP contribution in [0.15, 0.2) is 0 Å². The highest BCUT2D eigenvalue weighted by molar-refractivity contribution is 7.24. The minimum Gasteiger partial charge on any atom is -0.374 e. The van der Waals surface area contributed by atoms with Crippen molar-refractivity contribution >= 4 is 18.5 Å². The average Bonchev–Trinajstić information content (AvgIpc) is 2.53. The van der Waals surface area contributed by atoms with Gasteiger partial charge in [0.1, 0.15) is 5.66 Å². The number of ether oxygens (including phenoxy) is 1. The quantitative estimate of drug-likeness (QED) is 0.540. The van der Waals surface area contributed by atoms with E-state index in [1.165, 1.54) is 9.24 Å². The lowest BCUT2D eigenvalue weighted by molar-refractivity contribution is -0.155. The number of hydrogen-bond acceptors (Lipinski definition) is 1. The van der Waals surface area contributed by atoms with E-state index >= 15 is 0 Å². The molecule has 84 valence electrons. The third-order valence-corrected chi connectivity index (χ3v) is 4.26. The third kappa shape index (κ3) is 2.56. The number of rotatable bonds is 2. The normalized spacial score (nSPS) is 30.0. The lowest BCUT2D eigenvalue weighted by Crippen LogP contribution is -2.47. The second-order valence-corrected chi connectivity index (χ2v) is 4.90. The van der Waals surface area contributed by atoms with E-state index in [0.29, 0.717) is 19.4 Å². The van der Waals surface area contributed by atoms with Crippen LogP contribution in [0.4, 0.5) is 17.6 Å². The summed E-state index contributed by atoms with van der Waals surface area (Å²) in [5.41, 5.74) is -2.11. The highest BCUT2D eigenvalue weighted by Crippen LogP contribution is 2.46. The van der Waals surface area contributed by atoms with E-state index in [1.54, 1.807) is 9.24 Å². The molecule has 1 heterocycles. The van der Waals surface area contributed by atoms with E-state index in [4.69, 9.17) is 4.74 Å². The molecule has 1 fully saturated rings. The summed E-state index contributed by atoms with van der Waals surface area (Å²) in [5.74, 6) is 0. The highest BCUT2D eigenvalue weighted by Gasteiger charge is 2.54. The van der Waals surface area contributed by atoms with Crippen molar-refractivity contribution in [3.63, 3.8) is 0 Å². The van der Waals surface area contributed by atoms with Gasteiger partial charge in [0.15, 0.2) is 5.41 Å². The standard InChI is InChI=1S/C7H12F4OP2/c8-6(14,4-2-1-3-12-4)5(13)7(9,10)11/h4-5H,1-3,13-14H2. The zero-order chi connectivity index (χ0) is 11.0. The Balaban J connectivity index is 2.72. The summed E-state index contributed by atoms with van der Waals surface area (Å²) in [6.45, 7) is 0.333. The maximum atomic E-state index is 13.8. The first-order valence-electron chi connectivity index (χ1n) is 4.18. The van der Waals surface area contributed by atoms with Gasteiger partial charge in [-0.3, -0.25) is 0 Å². The molecule has 5 unspecified atom stereocenters. The second kappa shape index (κ2) is 4.19. The van der Waals surface area contributed by atoms with Gasteiger partial charge >= 0.3 is 6.18 Å². The molecule has 0 aromatic heterocycles. The SMILES string of the molecule is FC(F)(F)C(P)C(F)(P)C1CCCO1. The Labute approximate surface area is 84.4 Å². The van der Waals surface area contributed by atoms with Crippen LogP contribution in [-0.4, -0.2) is 30.0 Å². The predicted molar refractivity (Wildman–Crippen MR) is 52.1 cm³/mol. The maximum Gasteiger partial charge on any atom is 0.398 e. The van der Waals surface area contributed by atoms with Crippen molar-refractivity contribution in [2.75, 3.05) is 6.61 Å². The van der Waals surface area contributed by atoms with Crippen LogP contribution in [0.1, 0.15) is 12.8 Å². The summed E-state index contributed by atoms with van der Waals surface area (Å²) in [4.78, 5) is 0. The first-order chi connectivity index (χ1) is 6.26. The Morgan fingerprint density at radius 1 is 1.29 bits per heavy atom. The van der Waals surface area contributed by atoms with Gasteiger partial charge < -0.3 is 4.74 Å². The minimum absolute atomic E-state index is 0.333. The number of halogens is 4. The molecule has 1 aliphatic rings. The fraction of sp³-hybridized carbons (Fsp3) is 1.00. The van der Waals surface area contributed by atoms with Crippen LogP contribution < -0.4 is 0 Å². The molecule has 1 rings (SSSR count). The summed E-state index contributed by atoms with van der Waals surface area (Å²) in [7, 11) is 3.13. The molecule has 14 heavy (non-hydrogen) atoms. The van der Waals surface area contributed by atoms with Crippen LogP contribution in [0.5, 0.6) is 0 Å². The molecule has 7 heteroatoms. The van der Waals surface area contributed by atoms with Gasteiger partial charge in [0, 0.05) is 6.61 Å². The molecule has 1 nitrogen and oxygen atoms in total. The molecular weight excluding hydrogens is 238 g/mol. The zero-order valence-electron chi connectivity index (χ0n) is 7.35. The van der Waals surface area contributed by atoms with Crippen molar-refractivity contribution in [2.45, 2.75) is 36.2 Å². The molecule has 0 amide bonds. The molecule has 0 spiro atoms.